The Balaban J connectivity index is 0.000000156. The Bertz CT molecular complexity index is 1050. The molecule has 2 heteroatoms. The minimum Gasteiger partial charge on any atom is -0.350 e. The number of rotatable bonds is 0. The lowest BCUT2D eigenvalue weighted by Crippen LogP contribution is -2.10. The Morgan fingerprint density at radius 3 is 1.89 bits per heavy atom. The zero-order chi connectivity index (χ0) is 19.8. The van der Waals surface area contributed by atoms with Gasteiger partial charge >= 0.3 is 0 Å². The van der Waals surface area contributed by atoms with Gasteiger partial charge in [-0.25, -0.2) is 0 Å². The number of thiophene rings is 1. The molecule has 0 aliphatic heterocycles. The summed E-state index contributed by atoms with van der Waals surface area (Å²) < 4.78 is 3.60. The Labute approximate surface area is 167 Å². The first-order chi connectivity index (χ1) is 12.6. The van der Waals surface area contributed by atoms with E-state index in [1.54, 1.807) is 0 Å². The topological polar surface area (TPSA) is 4.93 Å². The lowest BCUT2D eigenvalue weighted by molar-refractivity contribution is 0.593. The molecule has 27 heavy (non-hydrogen) atoms. The van der Waals surface area contributed by atoms with E-state index in [0.29, 0.717) is 0 Å². The number of para-hydroxylation sites is 1. The molecule has 0 unspecified atom stereocenters. The van der Waals surface area contributed by atoms with Crippen molar-refractivity contribution in [2.75, 3.05) is 0 Å². The van der Waals surface area contributed by atoms with Crippen LogP contribution in [-0.2, 0) is 17.9 Å². The summed E-state index contributed by atoms with van der Waals surface area (Å²) in [6.45, 7) is 13.6. The van der Waals surface area contributed by atoms with E-state index >= 15 is 0 Å². The fraction of sp³-hybridized carbons (Fsp3) is 0.360. The summed E-state index contributed by atoms with van der Waals surface area (Å²) in [4.78, 5) is 0. The quantitative estimate of drug-likeness (QED) is 0.296. The number of hydrogen-bond donors (Lipinski definition) is 0. The summed E-state index contributed by atoms with van der Waals surface area (Å²) in [6, 6.07) is 17.2. The van der Waals surface area contributed by atoms with E-state index in [2.05, 4.69) is 113 Å². The summed E-state index contributed by atoms with van der Waals surface area (Å²) in [5, 5.41) is 5.08. The Kier molecular flexibility index (Phi) is 5.22. The Morgan fingerprint density at radius 2 is 1.26 bits per heavy atom. The number of aromatic nitrogens is 1. The summed E-state index contributed by atoms with van der Waals surface area (Å²) in [5.41, 5.74) is 4.70. The normalized spacial score (nSPS) is 12.3. The molecule has 142 valence electrons. The van der Waals surface area contributed by atoms with Gasteiger partial charge < -0.3 is 4.57 Å². The zero-order valence-corrected chi connectivity index (χ0v) is 18.4. The van der Waals surface area contributed by atoms with Crippen molar-refractivity contribution in [3.63, 3.8) is 0 Å². The number of fused-ring (bicyclic) bond motifs is 2. The molecule has 0 fully saturated rings. The predicted molar refractivity (Wildman–Crippen MR) is 122 cm³/mol. The largest absolute Gasteiger partial charge is 0.350 e. The van der Waals surface area contributed by atoms with Gasteiger partial charge in [-0.2, -0.15) is 0 Å². The van der Waals surface area contributed by atoms with E-state index in [1.165, 1.54) is 32.1 Å². The molecular weight excluding hydrogens is 346 g/mol. The molecule has 0 amide bonds. The fourth-order valence-corrected chi connectivity index (χ4v) is 4.69. The van der Waals surface area contributed by atoms with E-state index in [4.69, 9.17) is 0 Å². The number of benzene rings is 2. The summed E-state index contributed by atoms with van der Waals surface area (Å²) in [7, 11) is 2.11. The van der Waals surface area contributed by atoms with Crippen molar-refractivity contribution in [1.82, 2.24) is 4.57 Å². The van der Waals surface area contributed by atoms with Crippen molar-refractivity contribution in [2.24, 2.45) is 7.05 Å². The molecule has 0 aliphatic rings. The predicted octanol–water partition coefficient (Wildman–Crippen LogP) is 7.67. The van der Waals surface area contributed by atoms with Crippen LogP contribution in [0, 0.1) is 0 Å². The maximum atomic E-state index is 2.28. The van der Waals surface area contributed by atoms with Gasteiger partial charge in [0.05, 0.1) is 0 Å². The molecule has 4 aromatic rings. The molecule has 0 saturated heterocycles. The first-order valence-electron chi connectivity index (χ1n) is 9.60. The fourth-order valence-electron chi connectivity index (χ4n) is 3.50. The average Bonchev–Trinajstić information content (AvgIpc) is 3.17. The lowest BCUT2D eigenvalue weighted by Gasteiger charge is -2.17. The molecule has 0 atom stereocenters. The van der Waals surface area contributed by atoms with Crippen molar-refractivity contribution >= 4 is 32.3 Å². The third-order valence-electron chi connectivity index (χ3n) is 4.99. The second-order valence-electron chi connectivity index (χ2n) is 9.32. The molecule has 2 heterocycles. The smallest absolute Gasteiger partial charge is 0.0480 e. The number of aryl methyl sites for hydroxylation is 1. The first kappa shape index (κ1) is 19.7. The minimum atomic E-state index is 0.223. The van der Waals surface area contributed by atoms with Gasteiger partial charge in [-0.15, -0.1) is 11.3 Å². The van der Waals surface area contributed by atoms with Crippen LogP contribution in [0.1, 0.15) is 52.7 Å². The van der Waals surface area contributed by atoms with Crippen LogP contribution in [0.15, 0.2) is 60.1 Å². The standard InChI is InChI=1S/C13H17N.C12H14S/c1-13(2,3)11-9-14(4)12-8-6-5-7-10(11)12;1-12(2,3)10-8-13-11-7-5-4-6-9(10)11/h5-9H,1-4H3;4-8H,1-3H3. The van der Waals surface area contributed by atoms with E-state index < -0.39 is 0 Å². The third-order valence-corrected chi connectivity index (χ3v) is 5.96. The van der Waals surface area contributed by atoms with Crippen LogP contribution in [0.5, 0.6) is 0 Å². The van der Waals surface area contributed by atoms with Crippen molar-refractivity contribution < 1.29 is 0 Å². The van der Waals surface area contributed by atoms with Crippen molar-refractivity contribution in [3.8, 4) is 0 Å². The Morgan fingerprint density at radius 1 is 0.704 bits per heavy atom. The average molecular weight is 378 g/mol. The maximum absolute atomic E-state index is 2.28. The maximum Gasteiger partial charge on any atom is 0.0480 e. The minimum absolute atomic E-state index is 0.223. The van der Waals surface area contributed by atoms with Crippen LogP contribution in [0.25, 0.3) is 21.0 Å². The van der Waals surface area contributed by atoms with Gasteiger partial charge in [0, 0.05) is 28.8 Å². The molecule has 0 saturated carbocycles. The van der Waals surface area contributed by atoms with Crippen LogP contribution in [0.4, 0.5) is 0 Å². The highest BCUT2D eigenvalue weighted by Crippen LogP contribution is 2.34. The van der Waals surface area contributed by atoms with Crippen molar-refractivity contribution in [3.05, 3.63) is 71.2 Å². The van der Waals surface area contributed by atoms with Gasteiger partial charge in [0.1, 0.15) is 0 Å². The third kappa shape index (κ3) is 4.11. The van der Waals surface area contributed by atoms with E-state index in [-0.39, 0.29) is 10.8 Å². The van der Waals surface area contributed by atoms with E-state index in [1.807, 2.05) is 11.3 Å². The zero-order valence-electron chi connectivity index (χ0n) is 17.6. The molecule has 1 nitrogen and oxygen atoms in total. The molecule has 4 rings (SSSR count). The summed E-state index contributed by atoms with van der Waals surface area (Å²) in [5.74, 6) is 0. The molecule has 0 bridgehead atoms. The Hall–Kier alpha value is -2.06. The SMILES string of the molecule is CC(C)(C)c1csc2ccccc12.Cn1cc(C(C)(C)C)c2ccccc21. The molecule has 2 aromatic carbocycles. The molecule has 0 spiro atoms. The van der Waals surface area contributed by atoms with Crippen LogP contribution in [0.2, 0.25) is 0 Å². The molecule has 0 aliphatic carbocycles. The van der Waals surface area contributed by atoms with E-state index in [9.17, 15) is 0 Å². The van der Waals surface area contributed by atoms with Gasteiger partial charge in [-0.05, 0) is 44.9 Å². The van der Waals surface area contributed by atoms with Gasteiger partial charge in [0.2, 0.25) is 0 Å². The van der Waals surface area contributed by atoms with Crippen LogP contribution in [0.3, 0.4) is 0 Å². The van der Waals surface area contributed by atoms with E-state index in [0.717, 1.165) is 0 Å². The highest BCUT2D eigenvalue weighted by Gasteiger charge is 2.19. The molecule has 0 radical (unpaired) electrons. The lowest BCUT2D eigenvalue weighted by atomic mass is 9.87. The van der Waals surface area contributed by atoms with Gasteiger partial charge in [-0.1, -0.05) is 77.9 Å². The highest BCUT2D eigenvalue weighted by molar-refractivity contribution is 7.17. The van der Waals surface area contributed by atoms with Crippen LogP contribution < -0.4 is 0 Å². The summed E-state index contributed by atoms with van der Waals surface area (Å²) in [6.07, 6.45) is 2.24. The summed E-state index contributed by atoms with van der Waals surface area (Å²) >= 11 is 1.84. The van der Waals surface area contributed by atoms with Crippen molar-refractivity contribution in [1.29, 1.82) is 0 Å². The highest BCUT2D eigenvalue weighted by atomic mass is 32.1. The number of nitrogens with zero attached hydrogens (tertiary/aromatic N) is 1. The van der Waals surface area contributed by atoms with Crippen LogP contribution >= 0.6 is 11.3 Å². The van der Waals surface area contributed by atoms with Crippen LogP contribution in [-0.4, -0.2) is 4.57 Å². The molecular formula is C25H31NS. The first-order valence-corrected chi connectivity index (χ1v) is 10.5. The second kappa shape index (κ2) is 7.16. The van der Waals surface area contributed by atoms with Gasteiger partial charge in [-0.3, -0.25) is 0 Å². The molecule has 2 aromatic heterocycles. The van der Waals surface area contributed by atoms with Gasteiger partial charge in [0.25, 0.3) is 0 Å². The monoisotopic (exact) mass is 377 g/mol. The van der Waals surface area contributed by atoms with Crippen molar-refractivity contribution in [2.45, 2.75) is 52.4 Å². The number of hydrogen-bond acceptors (Lipinski definition) is 1. The second-order valence-corrected chi connectivity index (χ2v) is 10.2. The van der Waals surface area contributed by atoms with Gasteiger partial charge in [0.15, 0.2) is 0 Å². The molecule has 0 N–H and O–H groups in total.